The SMILES string of the molecule is NC(=O)[C@H](N[C@@H](CCc1ccc(C(F)(F)F)cc1)c1cccc(Cl)n1)c1ccccc1. The number of alkyl halides is 3. The molecule has 1 amide bonds. The first-order chi connectivity index (χ1) is 14.7. The Morgan fingerprint density at radius 2 is 1.68 bits per heavy atom. The van der Waals surface area contributed by atoms with Crippen molar-refractivity contribution in [1.82, 2.24) is 10.3 Å². The van der Waals surface area contributed by atoms with Gasteiger partial charge in [-0.1, -0.05) is 60.1 Å². The Morgan fingerprint density at radius 1 is 1.00 bits per heavy atom. The predicted octanol–water partition coefficient (Wildman–Crippen LogP) is 5.24. The van der Waals surface area contributed by atoms with Crippen molar-refractivity contribution in [3.63, 3.8) is 0 Å². The predicted molar refractivity (Wildman–Crippen MR) is 113 cm³/mol. The first-order valence-electron chi connectivity index (χ1n) is 9.63. The van der Waals surface area contributed by atoms with Gasteiger partial charge in [0.15, 0.2) is 0 Å². The van der Waals surface area contributed by atoms with Gasteiger partial charge in [-0.05, 0) is 48.2 Å². The minimum absolute atomic E-state index is 0.300. The van der Waals surface area contributed by atoms with Crippen LogP contribution in [0.2, 0.25) is 5.15 Å². The Hall–Kier alpha value is -2.90. The standard InChI is InChI=1S/C23H21ClF3N3O/c24-20-8-4-7-18(29-20)19(30-21(22(28)31)16-5-2-1-3-6-16)14-11-15-9-12-17(13-10-15)23(25,26)27/h1-10,12-13,19,21,30H,11,14H2,(H2,28,31)/t19-,21+/m0/s1. The smallest absolute Gasteiger partial charge is 0.368 e. The zero-order valence-corrected chi connectivity index (χ0v) is 17.2. The Bertz CT molecular complexity index is 1010. The third-order valence-corrected chi connectivity index (χ3v) is 5.09. The van der Waals surface area contributed by atoms with E-state index in [1.54, 1.807) is 30.3 Å². The molecule has 0 saturated heterocycles. The van der Waals surface area contributed by atoms with Gasteiger partial charge in [-0.25, -0.2) is 4.98 Å². The van der Waals surface area contributed by atoms with Gasteiger partial charge in [0.25, 0.3) is 0 Å². The van der Waals surface area contributed by atoms with Gasteiger partial charge >= 0.3 is 6.18 Å². The summed E-state index contributed by atoms with van der Waals surface area (Å²) in [6.45, 7) is 0. The third kappa shape index (κ3) is 6.29. The fraction of sp³-hybridized carbons (Fsp3) is 0.217. The van der Waals surface area contributed by atoms with Crippen LogP contribution in [-0.4, -0.2) is 10.9 Å². The number of rotatable bonds is 8. The lowest BCUT2D eigenvalue weighted by Gasteiger charge is -2.24. The molecule has 3 rings (SSSR count). The van der Waals surface area contributed by atoms with Crippen molar-refractivity contribution in [3.8, 4) is 0 Å². The molecular formula is C23H21ClF3N3O. The second kappa shape index (κ2) is 9.94. The van der Waals surface area contributed by atoms with Crippen LogP contribution in [0.15, 0.2) is 72.8 Å². The van der Waals surface area contributed by atoms with Crippen LogP contribution in [0, 0.1) is 0 Å². The molecule has 0 aliphatic rings. The van der Waals surface area contributed by atoms with Crippen molar-refractivity contribution < 1.29 is 18.0 Å². The second-order valence-electron chi connectivity index (χ2n) is 7.08. The normalized spacial score (nSPS) is 13.5. The highest BCUT2D eigenvalue weighted by atomic mass is 35.5. The number of aryl methyl sites for hydroxylation is 1. The molecule has 3 N–H and O–H groups in total. The molecule has 2 atom stereocenters. The number of primary amides is 1. The number of halogens is 4. The minimum atomic E-state index is -4.38. The Morgan fingerprint density at radius 3 is 2.26 bits per heavy atom. The lowest BCUT2D eigenvalue weighted by Crippen LogP contribution is -2.36. The maximum Gasteiger partial charge on any atom is 0.416 e. The summed E-state index contributed by atoms with van der Waals surface area (Å²) < 4.78 is 38.4. The van der Waals surface area contributed by atoms with Gasteiger partial charge in [-0.3, -0.25) is 10.1 Å². The molecule has 3 aromatic rings. The van der Waals surface area contributed by atoms with Crippen molar-refractivity contribution in [2.75, 3.05) is 0 Å². The molecule has 2 aromatic carbocycles. The molecule has 162 valence electrons. The lowest BCUT2D eigenvalue weighted by molar-refractivity contribution is -0.137. The summed E-state index contributed by atoms with van der Waals surface area (Å²) in [6, 6.07) is 18.1. The Balaban J connectivity index is 1.82. The van der Waals surface area contributed by atoms with E-state index < -0.39 is 29.7 Å². The maximum absolute atomic E-state index is 12.8. The summed E-state index contributed by atoms with van der Waals surface area (Å²) in [5, 5.41) is 3.54. The molecule has 1 heterocycles. The second-order valence-corrected chi connectivity index (χ2v) is 7.47. The highest BCUT2D eigenvalue weighted by Crippen LogP contribution is 2.30. The van der Waals surface area contributed by atoms with Crippen LogP contribution in [0.4, 0.5) is 13.2 Å². The molecule has 0 aliphatic heterocycles. The highest BCUT2D eigenvalue weighted by molar-refractivity contribution is 6.29. The zero-order valence-electron chi connectivity index (χ0n) is 16.4. The van der Waals surface area contributed by atoms with Crippen LogP contribution >= 0.6 is 11.6 Å². The third-order valence-electron chi connectivity index (χ3n) is 4.88. The summed E-state index contributed by atoms with van der Waals surface area (Å²) in [5.41, 5.74) is 6.99. The van der Waals surface area contributed by atoms with Crippen LogP contribution in [-0.2, 0) is 17.4 Å². The van der Waals surface area contributed by atoms with E-state index in [4.69, 9.17) is 17.3 Å². The molecule has 0 unspecified atom stereocenters. The number of nitrogens with zero attached hydrogens (tertiary/aromatic N) is 1. The van der Waals surface area contributed by atoms with Crippen molar-refractivity contribution in [3.05, 3.63) is 100 Å². The fourth-order valence-corrected chi connectivity index (χ4v) is 3.47. The topological polar surface area (TPSA) is 68.0 Å². The van der Waals surface area contributed by atoms with E-state index in [-0.39, 0.29) is 0 Å². The van der Waals surface area contributed by atoms with E-state index in [9.17, 15) is 18.0 Å². The largest absolute Gasteiger partial charge is 0.416 e. The fourth-order valence-electron chi connectivity index (χ4n) is 3.30. The van der Waals surface area contributed by atoms with Crippen LogP contribution in [0.25, 0.3) is 0 Å². The molecule has 0 fully saturated rings. The van der Waals surface area contributed by atoms with Crippen LogP contribution < -0.4 is 11.1 Å². The molecule has 0 bridgehead atoms. The number of hydrogen-bond acceptors (Lipinski definition) is 3. The van der Waals surface area contributed by atoms with Gasteiger partial charge in [-0.2, -0.15) is 13.2 Å². The lowest BCUT2D eigenvalue weighted by atomic mass is 9.98. The number of nitrogens with one attached hydrogen (secondary N) is 1. The van der Waals surface area contributed by atoms with Crippen LogP contribution in [0.3, 0.4) is 0 Å². The highest BCUT2D eigenvalue weighted by Gasteiger charge is 2.30. The number of carbonyl (C=O) groups is 1. The van der Waals surface area contributed by atoms with E-state index in [2.05, 4.69) is 10.3 Å². The number of pyridine rings is 1. The van der Waals surface area contributed by atoms with E-state index in [0.717, 1.165) is 17.7 Å². The van der Waals surface area contributed by atoms with Crippen LogP contribution in [0.5, 0.6) is 0 Å². The van der Waals surface area contributed by atoms with E-state index in [1.165, 1.54) is 12.1 Å². The number of nitrogens with two attached hydrogens (primary N) is 1. The summed E-state index contributed by atoms with van der Waals surface area (Å²) in [6.07, 6.45) is -3.45. The summed E-state index contributed by atoms with van der Waals surface area (Å²) in [5.74, 6) is -0.548. The molecule has 0 spiro atoms. The van der Waals surface area contributed by atoms with Crippen molar-refractivity contribution in [2.24, 2.45) is 5.73 Å². The van der Waals surface area contributed by atoms with Crippen molar-refractivity contribution in [2.45, 2.75) is 31.1 Å². The monoisotopic (exact) mass is 447 g/mol. The van der Waals surface area contributed by atoms with Gasteiger partial charge in [0.05, 0.1) is 17.3 Å². The number of aromatic nitrogens is 1. The van der Waals surface area contributed by atoms with E-state index in [0.29, 0.717) is 29.3 Å². The van der Waals surface area contributed by atoms with Gasteiger partial charge in [0.2, 0.25) is 5.91 Å². The summed E-state index contributed by atoms with van der Waals surface area (Å²) in [7, 11) is 0. The first-order valence-corrected chi connectivity index (χ1v) is 10.0. The average Bonchev–Trinajstić information content (AvgIpc) is 2.74. The summed E-state index contributed by atoms with van der Waals surface area (Å²) in [4.78, 5) is 16.5. The average molecular weight is 448 g/mol. The van der Waals surface area contributed by atoms with E-state index in [1.807, 2.05) is 18.2 Å². The first kappa shape index (κ1) is 22.8. The Labute approximate surface area is 183 Å². The zero-order chi connectivity index (χ0) is 22.4. The maximum atomic E-state index is 12.8. The van der Waals surface area contributed by atoms with Crippen molar-refractivity contribution >= 4 is 17.5 Å². The van der Waals surface area contributed by atoms with Gasteiger partial charge in [0, 0.05) is 0 Å². The molecule has 0 saturated carbocycles. The summed E-state index contributed by atoms with van der Waals surface area (Å²) >= 11 is 6.05. The Kier molecular flexibility index (Phi) is 7.30. The van der Waals surface area contributed by atoms with Crippen LogP contribution in [0.1, 0.15) is 40.9 Å². The number of carbonyl (C=O) groups excluding carboxylic acids is 1. The molecule has 1 aromatic heterocycles. The molecular weight excluding hydrogens is 427 g/mol. The van der Waals surface area contributed by atoms with Crippen molar-refractivity contribution in [1.29, 1.82) is 0 Å². The molecule has 0 aliphatic carbocycles. The molecule has 4 nitrogen and oxygen atoms in total. The van der Waals surface area contributed by atoms with Gasteiger partial charge in [-0.15, -0.1) is 0 Å². The van der Waals surface area contributed by atoms with Gasteiger partial charge in [0.1, 0.15) is 11.2 Å². The molecule has 8 heteroatoms. The number of hydrogen-bond donors (Lipinski definition) is 2. The van der Waals surface area contributed by atoms with Gasteiger partial charge < -0.3 is 5.73 Å². The molecule has 31 heavy (non-hydrogen) atoms. The minimum Gasteiger partial charge on any atom is -0.368 e. The van der Waals surface area contributed by atoms with E-state index >= 15 is 0 Å². The number of amides is 1. The number of benzene rings is 2. The quantitative estimate of drug-likeness (QED) is 0.464. The molecule has 0 radical (unpaired) electrons.